The topological polar surface area (TPSA) is 169 Å². The van der Waals surface area contributed by atoms with Gasteiger partial charge in [-0.15, -0.1) is 0 Å². The molecule has 2 aliphatic rings. The van der Waals surface area contributed by atoms with Gasteiger partial charge in [-0.05, 0) is 70.2 Å². The highest BCUT2D eigenvalue weighted by Gasteiger charge is 2.35. The van der Waals surface area contributed by atoms with Crippen molar-refractivity contribution < 1.29 is 33.4 Å². The molecule has 2 aliphatic heterocycles. The van der Waals surface area contributed by atoms with Crippen LogP contribution in [0.25, 0.3) is 0 Å². The summed E-state index contributed by atoms with van der Waals surface area (Å²) >= 11 is 0. The molecular weight excluding hydrogens is 773 g/mol. The zero-order valence-corrected chi connectivity index (χ0v) is 36.2. The lowest BCUT2D eigenvalue weighted by Crippen LogP contribution is -2.37. The number of para-hydroxylation sites is 3. The number of hydrogen-bond acceptors (Lipinski definition) is 9. The van der Waals surface area contributed by atoms with E-state index in [4.69, 9.17) is 14.2 Å². The van der Waals surface area contributed by atoms with Gasteiger partial charge in [0.05, 0.1) is 0 Å². The smallest absolute Gasteiger partial charge is 0.240 e. The van der Waals surface area contributed by atoms with Crippen LogP contribution in [-0.2, 0) is 19.2 Å². The zero-order chi connectivity index (χ0) is 43.8. The number of anilines is 2. The monoisotopic (exact) mass is 828 g/mol. The molecule has 0 spiro atoms. The van der Waals surface area contributed by atoms with E-state index in [0.717, 1.165) is 33.6 Å². The number of benzene rings is 4. The van der Waals surface area contributed by atoms with Crippen LogP contribution in [-0.4, -0.2) is 41.8 Å². The minimum atomic E-state index is -0.910. The first-order valence-corrected chi connectivity index (χ1v) is 21.0. The first-order chi connectivity index (χ1) is 29.2. The fraction of sp³-hybridized carbons (Fsp3) is 0.375. The third-order valence-corrected chi connectivity index (χ3v) is 10.6. The Morgan fingerprint density at radius 3 is 1.56 bits per heavy atom. The van der Waals surface area contributed by atoms with Crippen LogP contribution in [0.4, 0.5) is 11.4 Å². The van der Waals surface area contributed by atoms with Gasteiger partial charge in [-0.3, -0.25) is 19.2 Å². The van der Waals surface area contributed by atoms with Gasteiger partial charge in [0, 0.05) is 48.2 Å². The first kappa shape index (κ1) is 44.1. The molecule has 1 unspecified atom stereocenters. The van der Waals surface area contributed by atoms with Crippen molar-refractivity contribution in [1.82, 2.24) is 10.9 Å². The molecule has 0 saturated heterocycles. The molecule has 4 aromatic rings. The third-order valence-electron chi connectivity index (χ3n) is 10.6. The molecule has 13 nitrogen and oxygen atoms in total. The second-order valence-corrected chi connectivity index (χ2v) is 16.5. The summed E-state index contributed by atoms with van der Waals surface area (Å²) in [5, 5.41) is 15.2. The van der Waals surface area contributed by atoms with E-state index in [1.165, 1.54) is 0 Å². The van der Waals surface area contributed by atoms with Crippen molar-refractivity contribution in [2.45, 2.75) is 111 Å². The maximum atomic E-state index is 13.4. The minimum Gasteiger partial charge on any atom is -0.478 e. The van der Waals surface area contributed by atoms with Gasteiger partial charge < -0.3 is 24.8 Å². The van der Waals surface area contributed by atoms with Crippen molar-refractivity contribution >= 4 is 46.4 Å². The van der Waals surface area contributed by atoms with Gasteiger partial charge in [-0.1, -0.05) is 110 Å². The van der Waals surface area contributed by atoms with Gasteiger partial charge in [-0.25, -0.2) is 10.9 Å². The maximum absolute atomic E-state index is 13.4. The standard InChI is InChI=1S/C48H56N6O7/c1-27(2)32-14-11-15-33(28(3)4)44(32)49-40(55)21-23-42(57)51-53-46-36-13-9-10-18-37(36)61-48(31-19-20-38-39(25-31)60-26-59-38)47(46)54-52-43(58)24-22-41(56)50-45-34(29(5)6)16-12-17-35(45)30(7)8/h9-20,25,27-30,48H,21-24,26H2,1-8H3,(H,49,55)(H,50,56)(H,51,57)(H,52,58)/b53-46+,54-47-. The quantitative estimate of drug-likeness (QED) is 0.0867. The lowest BCUT2D eigenvalue weighted by molar-refractivity contribution is -0.124. The summed E-state index contributed by atoms with van der Waals surface area (Å²) in [6.45, 7) is 16.7. The lowest BCUT2D eigenvalue weighted by atomic mass is 9.92. The Kier molecular flexibility index (Phi) is 14.2. The molecule has 0 aromatic heterocycles. The van der Waals surface area contributed by atoms with Gasteiger partial charge in [0.2, 0.25) is 30.4 Å². The number of carbonyl (C=O) groups is 4. The van der Waals surface area contributed by atoms with Crippen LogP contribution in [0.2, 0.25) is 0 Å². The number of amides is 4. The largest absolute Gasteiger partial charge is 0.478 e. The van der Waals surface area contributed by atoms with Crippen LogP contribution >= 0.6 is 0 Å². The molecule has 320 valence electrons. The number of rotatable bonds is 15. The summed E-state index contributed by atoms with van der Waals surface area (Å²) in [5.41, 5.74) is 12.4. The summed E-state index contributed by atoms with van der Waals surface area (Å²) < 4.78 is 17.7. The van der Waals surface area contributed by atoms with Crippen molar-refractivity contribution in [3.8, 4) is 17.2 Å². The van der Waals surface area contributed by atoms with Gasteiger partial charge in [0.25, 0.3) is 0 Å². The van der Waals surface area contributed by atoms with E-state index in [-0.39, 0.29) is 79.4 Å². The minimum absolute atomic E-state index is 0.0689. The van der Waals surface area contributed by atoms with E-state index in [0.29, 0.717) is 28.4 Å². The molecule has 2 heterocycles. The fourth-order valence-electron chi connectivity index (χ4n) is 7.34. The molecule has 4 amide bonds. The molecule has 4 aromatic carbocycles. The molecule has 61 heavy (non-hydrogen) atoms. The zero-order valence-electron chi connectivity index (χ0n) is 36.2. The number of fused-ring (bicyclic) bond motifs is 2. The average Bonchev–Trinajstić information content (AvgIpc) is 3.71. The number of nitrogens with one attached hydrogen (secondary N) is 4. The number of carbonyl (C=O) groups excluding carboxylic acids is 4. The van der Waals surface area contributed by atoms with Crippen LogP contribution in [0.1, 0.15) is 144 Å². The summed E-state index contributed by atoms with van der Waals surface area (Å²) in [7, 11) is 0. The normalized spacial score (nSPS) is 15.6. The van der Waals surface area contributed by atoms with Crippen molar-refractivity contribution in [3.63, 3.8) is 0 Å². The second kappa shape index (κ2) is 19.7. The van der Waals surface area contributed by atoms with Gasteiger partial charge in [0.1, 0.15) is 17.2 Å². The van der Waals surface area contributed by atoms with Gasteiger partial charge in [0.15, 0.2) is 17.6 Å². The Hall–Kier alpha value is -6.50. The number of hydrazone groups is 2. The molecule has 0 saturated carbocycles. The molecule has 1 atom stereocenters. The highest BCUT2D eigenvalue weighted by Crippen LogP contribution is 2.39. The predicted octanol–water partition coefficient (Wildman–Crippen LogP) is 9.17. The Bertz CT molecular complexity index is 2300. The maximum Gasteiger partial charge on any atom is 0.240 e. The van der Waals surface area contributed by atoms with E-state index >= 15 is 0 Å². The molecule has 0 aliphatic carbocycles. The summed E-state index contributed by atoms with van der Waals surface area (Å²) in [5.74, 6) is 0.689. The molecule has 13 heteroatoms. The van der Waals surface area contributed by atoms with E-state index in [1.54, 1.807) is 36.4 Å². The third kappa shape index (κ3) is 10.6. The van der Waals surface area contributed by atoms with Crippen molar-refractivity contribution in [3.05, 3.63) is 112 Å². The fourth-order valence-corrected chi connectivity index (χ4v) is 7.34. The van der Waals surface area contributed by atoms with Gasteiger partial charge in [-0.2, -0.15) is 10.2 Å². The van der Waals surface area contributed by atoms with Gasteiger partial charge >= 0.3 is 0 Å². The Morgan fingerprint density at radius 2 is 1.03 bits per heavy atom. The molecule has 0 bridgehead atoms. The number of ether oxygens (including phenoxy) is 3. The SMILES string of the molecule is CC(C)c1cccc(C(C)C)c1NC(=O)CCC(=O)N/N=C1/C(=N/NC(=O)CCC(=O)Nc2c(C(C)C)cccc2C(C)C)c2ccccc2OC1c1ccc2c(c1)OCO2. The second-order valence-electron chi connectivity index (χ2n) is 16.5. The van der Waals surface area contributed by atoms with Crippen LogP contribution in [0, 0.1) is 0 Å². The highest BCUT2D eigenvalue weighted by molar-refractivity contribution is 6.51. The van der Waals surface area contributed by atoms with Crippen molar-refractivity contribution in [2.24, 2.45) is 10.2 Å². The van der Waals surface area contributed by atoms with E-state index < -0.39 is 17.9 Å². The molecule has 0 fully saturated rings. The van der Waals surface area contributed by atoms with Crippen LogP contribution < -0.4 is 35.7 Å². The van der Waals surface area contributed by atoms with E-state index in [2.05, 4.69) is 87.1 Å². The Balaban J connectivity index is 1.22. The van der Waals surface area contributed by atoms with Crippen LogP contribution in [0.5, 0.6) is 17.2 Å². The lowest BCUT2D eigenvalue weighted by Gasteiger charge is -2.29. The predicted molar refractivity (Wildman–Crippen MR) is 238 cm³/mol. The first-order valence-electron chi connectivity index (χ1n) is 21.0. The highest BCUT2D eigenvalue weighted by atomic mass is 16.7. The number of hydrogen-bond donors (Lipinski definition) is 4. The molecule has 6 rings (SSSR count). The van der Waals surface area contributed by atoms with Crippen molar-refractivity contribution in [1.29, 1.82) is 0 Å². The molecule has 4 N–H and O–H groups in total. The Morgan fingerprint density at radius 1 is 0.557 bits per heavy atom. The summed E-state index contributed by atoms with van der Waals surface area (Å²) in [6.07, 6.45) is -1.36. The summed E-state index contributed by atoms with van der Waals surface area (Å²) in [6, 6.07) is 24.5. The van der Waals surface area contributed by atoms with E-state index in [1.807, 2.05) is 42.5 Å². The van der Waals surface area contributed by atoms with Crippen LogP contribution in [0.3, 0.4) is 0 Å². The Labute approximate surface area is 357 Å². The van der Waals surface area contributed by atoms with Crippen LogP contribution in [0.15, 0.2) is 89.1 Å². The average molecular weight is 829 g/mol. The van der Waals surface area contributed by atoms with Crippen molar-refractivity contribution in [2.75, 3.05) is 17.4 Å². The molecule has 0 radical (unpaired) electrons. The van der Waals surface area contributed by atoms with E-state index in [9.17, 15) is 19.2 Å². The molecular formula is C48H56N6O7. The number of nitrogens with zero attached hydrogens (tertiary/aromatic N) is 2. The summed E-state index contributed by atoms with van der Waals surface area (Å²) in [4.78, 5) is 53.2.